The van der Waals surface area contributed by atoms with Gasteiger partial charge in [0.1, 0.15) is 0 Å². The molecule has 4 aromatic rings. The van der Waals surface area contributed by atoms with Crippen LogP contribution in [0.15, 0.2) is 72.8 Å². The lowest BCUT2D eigenvalue weighted by Gasteiger charge is -2.18. The lowest BCUT2D eigenvalue weighted by molar-refractivity contribution is -0.153. The zero-order valence-electron chi connectivity index (χ0n) is 22.6. The van der Waals surface area contributed by atoms with Crippen molar-refractivity contribution in [3.63, 3.8) is 0 Å². The molecular formula is C32H26O11. The molecule has 4 aromatic carbocycles. The molecule has 1 saturated carbocycles. The zero-order valence-corrected chi connectivity index (χ0v) is 22.6. The smallest absolute Gasteiger partial charge is 0.336 e. The predicted octanol–water partition coefficient (Wildman–Crippen LogP) is 5.35. The number of carboxylic acids is 4. The highest BCUT2D eigenvalue weighted by atomic mass is 16.6. The third-order valence-corrected chi connectivity index (χ3v) is 7.32. The second kappa shape index (κ2) is 12.9. The summed E-state index contributed by atoms with van der Waals surface area (Å²) in [4.78, 5) is 65.5. The van der Waals surface area contributed by atoms with Crippen LogP contribution in [0.4, 0.5) is 0 Å². The number of rotatable bonds is 4. The van der Waals surface area contributed by atoms with Crippen molar-refractivity contribution in [1.82, 2.24) is 0 Å². The molecule has 43 heavy (non-hydrogen) atoms. The number of aromatic carboxylic acids is 4. The van der Waals surface area contributed by atoms with Gasteiger partial charge in [0.05, 0.1) is 34.1 Å². The van der Waals surface area contributed by atoms with E-state index in [-0.39, 0.29) is 46.0 Å². The summed E-state index contributed by atoms with van der Waals surface area (Å²) in [5.74, 6) is -4.95. The molecule has 2 aliphatic rings. The molecule has 2 fully saturated rings. The normalized spacial score (nSPS) is 17.0. The van der Waals surface area contributed by atoms with Gasteiger partial charge in [-0.1, -0.05) is 55.3 Å². The summed E-state index contributed by atoms with van der Waals surface area (Å²) < 4.78 is 4.53. The van der Waals surface area contributed by atoms with Gasteiger partial charge in [-0.05, 0) is 64.7 Å². The van der Waals surface area contributed by atoms with Gasteiger partial charge in [0.2, 0.25) is 0 Å². The predicted molar refractivity (Wildman–Crippen MR) is 152 cm³/mol. The average molecular weight is 587 g/mol. The topological polar surface area (TPSA) is 193 Å². The lowest BCUT2D eigenvalue weighted by Crippen LogP contribution is -2.21. The van der Waals surface area contributed by atoms with E-state index in [1.54, 1.807) is 36.4 Å². The first kappa shape index (κ1) is 30.4. The minimum Gasteiger partial charge on any atom is -0.478 e. The number of carboxylic acid groups (broad SMARTS) is 4. The Bertz CT molecular complexity index is 1700. The molecule has 11 heteroatoms. The number of benzene rings is 4. The molecule has 0 spiro atoms. The lowest BCUT2D eigenvalue weighted by atomic mass is 9.81. The summed E-state index contributed by atoms with van der Waals surface area (Å²) in [5, 5.41) is 37.7. The van der Waals surface area contributed by atoms with Gasteiger partial charge in [-0.15, -0.1) is 0 Å². The van der Waals surface area contributed by atoms with Crippen molar-refractivity contribution in [1.29, 1.82) is 0 Å². The minimum absolute atomic E-state index is 0.101. The standard InChI is InChI=1S/2C12H8O4.C8H10O3/c13-11(14)8-4-5-9-7(6-8)2-1-3-10(9)12(15)16;13-11(14)9-5-6-10(12(15)16)8-4-2-1-3-7(8)9;9-7-5-3-1-2-4-6(5)8(10)11-7/h2*1-6H,(H,13,14)(H,15,16);5-6H,1-4H2. The molecule has 220 valence electrons. The second-order valence-corrected chi connectivity index (χ2v) is 9.91. The third kappa shape index (κ3) is 6.67. The van der Waals surface area contributed by atoms with Crippen LogP contribution in [0.5, 0.6) is 0 Å². The number of carbonyl (C=O) groups excluding carboxylic acids is 2. The summed E-state index contributed by atoms with van der Waals surface area (Å²) in [7, 11) is 0. The molecule has 2 atom stereocenters. The van der Waals surface area contributed by atoms with Crippen LogP contribution in [0.25, 0.3) is 21.5 Å². The van der Waals surface area contributed by atoms with Crippen molar-refractivity contribution in [3.8, 4) is 0 Å². The van der Waals surface area contributed by atoms with Crippen molar-refractivity contribution < 1.29 is 53.9 Å². The summed E-state index contributed by atoms with van der Waals surface area (Å²) in [6.07, 6.45) is 3.80. The molecule has 11 nitrogen and oxygen atoms in total. The van der Waals surface area contributed by atoms with Crippen molar-refractivity contribution >= 4 is 57.4 Å². The Balaban J connectivity index is 0.000000150. The highest BCUT2D eigenvalue weighted by Crippen LogP contribution is 2.36. The highest BCUT2D eigenvalue weighted by Gasteiger charge is 2.44. The van der Waals surface area contributed by atoms with Crippen LogP contribution in [0.1, 0.15) is 67.1 Å². The summed E-state index contributed by atoms with van der Waals surface area (Å²) >= 11 is 0. The largest absolute Gasteiger partial charge is 0.478 e. The Morgan fingerprint density at radius 1 is 0.558 bits per heavy atom. The molecular weight excluding hydrogens is 560 g/mol. The van der Waals surface area contributed by atoms with Gasteiger partial charge in [-0.3, -0.25) is 9.59 Å². The molecule has 4 N–H and O–H groups in total. The molecule has 0 bridgehead atoms. The number of fused-ring (bicyclic) bond motifs is 3. The van der Waals surface area contributed by atoms with E-state index in [4.69, 9.17) is 20.4 Å². The van der Waals surface area contributed by atoms with E-state index in [1.807, 2.05) is 0 Å². The maximum Gasteiger partial charge on any atom is 0.336 e. The highest BCUT2D eigenvalue weighted by molar-refractivity contribution is 6.11. The zero-order chi connectivity index (χ0) is 31.3. The van der Waals surface area contributed by atoms with Crippen LogP contribution in [0, 0.1) is 11.8 Å². The molecule has 6 rings (SSSR count). The minimum atomic E-state index is -1.06. The van der Waals surface area contributed by atoms with Crippen molar-refractivity contribution in [2.24, 2.45) is 11.8 Å². The van der Waals surface area contributed by atoms with Crippen LogP contribution < -0.4 is 0 Å². The fraction of sp³-hybridized carbons (Fsp3) is 0.188. The molecule has 1 heterocycles. The van der Waals surface area contributed by atoms with E-state index in [1.165, 1.54) is 36.4 Å². The number of hydrogen-bond acceptors (Lipinski definition) is 7. The number of esters is 2. The Morgan fingerprint density at radius 2 is 1.05 bits per heavy atom. The molecule has 1 aliphatic heterocycles. The summed E-state index contributed by atoms with van der Waals surface area (Å²) in [6.45, 7) is 0. The molecule has 1 aliphatic carbocycles. The maximum atomic E-state index is 11.0. The number of ether oxygens (including phenoxy) is 1. The fourth-order valence-corrected chi connectivity index (χ4v) is 5.22. The van der Waals surface area contributed by atoms with Gasteiger partial charge in [0, 0.05) is 0 Å². The summed E-state index contributed by atoms with van der Waals surface area (Å²) in [6, 6.07) is 18.3. The SMILES string of the molecule is O=C(O)c1ccc(C(=O)O)c2ccccc12.O=C(O)c1ccc2c(C(=O)O)cccc2c1.O=C1OC(=O)C2CCCCC12. The molecule has 0 radical (unpaired) electrons. The van der Waals surface area contributed by atoms with Gasteiger partial charge in [0.25, 0.3) is 0 Å². The van der Waals surface area contributed by atoms with Gasteiger partial charge in [0.15, 0.2) is 0 Å². The number of hydrogen-bond donors (Lipinski definition) is 4. The van der Waals surface area contributed by atoms with E-state index in [2.05, 4.69) is 4.74 Å². The van der Waals surface area contributed by atoms with E-state index in [0.717, 1.165) is 25.7 Å². The van der Waals surface area contributed by atoms with Crippen LogP contribution >= 0.6 is 0 Å². The first-order valence-corrected chi connectivity index (χ1v) is 13.2. The second-order valence-electron chi connectivity index (χ2n) is 9.91. The fourth-order valence-electron chi connectivity index (χ4n) is 5.22. The quantitative estimate of drug-likeness (QED) is 0.178. The molecule has 2 unspecified atom stereocenters. The molecule has 1 saturated heterocycles. The molecule has 0 aromatic heterocycles. The van der Waals surface area contributed by atoms with E-state index < -0.39 is 23.9 Å². The Morgan fingerprint density at radius 3 is 1.51 bits per heavy atom. The Hall–Kier alpha value is -5.58. The van der Waals surface area contributed by atoms with Crippen LogP contribution in [-0.2, 0) is 14.3 Å². The molecule has 0 amide bonds. The number of cyclic esters (lactones) is 2. The van der Waals surface area contributed by atoms with Gasteiger partial charge < -0.3 is 25.2 Å². The number of carbonyl (C=O) groups is 6. The third-order valence-electron chi connectivity index (χ3n) is 7.32. The van der Waals surface area contributed by atoms with E-state index in [9.17, 15) is 28.8 Å². The Labute approximate surface area is 243 Å². The maximum absolute atomic E-state index is 11.0. The van der Waals surface area contributed by atoms with E-state index >= 15 is 0 Å². The van der Waals surface area contributed by atoms with Crippen LogP contribution in [0.2, 0.25) is 0 Å². The van der Waals surface area contributed by atoms with Crippen molar-refractivity contribution in [2.45, 2.75) is 25.7 Å². The van der Waals surface area contributed by atoms with E-state index in [0.29, 0.717) is 21.5 Å². The van der Waals surface area contributed by atoms with Crippen LogP contribution in [0.3, 0.4) is 0 Å². The Kier molecular flexibility index (Phi) is 9.14. The van der Waals surface area contributed by atoms with Gasteiger partial charge in [-0.25, -0.2) is 19.2 Å². The van der Waals surface area contributed by atoms with Crippen molar-refractivity contribution in [2.75, 3.05) is 0 Å². The monoisotopic (exact) mass is 586 g/mol. The van der Waals surface area contributed by atoms with Gasteiger partial charge >= 0.3 is 35.8 Å². The van der Waals surface area contributed by atoms with Crippen molar-refractivity contribution in [3.05, 3.63) is 95.1 Å². The van der Waals surface area contributed by atoms with Crippen LogP contribution in [-0.4, -0.2) is 56.2 Å². The summed E-state index contributed by atoms with van der Waals surface area (Å²) in [5.41, 5.74) is 0.547. The average Bonchev–Trinajstić information content (AvgIpc) is 3.29. The van der Waals surface area contributed by atoms with Gasteiger partial charge in [-0.2, -0.15) is 0 Å². The first-order valence-electron chi connectivity index (χ1n) is 13.2. The first-order chi connectivity index (χ1) is 20.5.